The van der Waals surface area contributed by atoms with Crippen LogP contribution in [0.1, 0.15) is 28.8 Å². The molecule has 0 radical (unpaired) electrons. The summed E-state index contributed by atoms with van der Waals surface area (Å²) < 4.78 is 4.79. The molecule has 0 unspecified atom stereocenters. The van der Waals surface area contributed by atoms with E-state index in [1.165, 1.54) is 7.11 Å². The number of carbonyl (C=O) groups is 3. The molecular formula is C22H24N2O4. The third kappa shape index (κ3) is 4.84. The zero-order valence-electron chi connectivity index (χ0n) is 15.9. The van der Waals surface area contributed by atoms with E-state index >= 15 is 0 Å². The Kier molecular flexibility index (Phi) is 6.55. The van der Waals surface area contributed by atoms with E-state index in [0.29, 0.717) is 42.7 Å². The van der Waals surface area contributed by atoms with Crippen molar-refractivity contribution in [1.29, 1.82) is 0 Å². The van der Waals surface area contributed by atoms with E-state index in [9.17, 15) is 14.4 Å². The van der Waals surface area contributed by atoms with E-state index in [1.807, 2.05) is 23.1 Å². The second-order valence-corrected chi connectivity index (χ2v) is 6.86. The number of carbonyl (C=O) groups excluding carboxylic acids is 3. The molecule has 0 aliphatic carbocycles. The van der Waals surface area contributed by atoms with Gasteiger partial charge in [0.05, 0.1) is 25.3 Å². The van der Waals surface area contributed by atoms with Crippen LogP contribution in [-0.4, -0.2) is 49.3 Å². The third-order valence-corrected chi connectivity index (χ3v) is 4.97. The molecule has 1 N–H and O–H groups in total. The van der Waals surface area contributed by atoms with Gasteiger partial charge < -0.3 is 10.1 Å². The first-order valence-electron chi connectivity index (χ1n) is 9.37. The summed E-state index contributed by atoms with van der Waals surface area (Å²) in [6.07, 6.45) is 1.37. The number of para-hydroxylation sites is 1. The molecule has 1 heterocycles. The highest BCUT2D eigenvalue weighted by Gasteiger charge is 2.26. The molecule has 0 bridgehead atoms. The summed E-state index contributed by atoms with van der Waals surface area (Å²) in [7, 11) is 1.40. The average molecular weight is 380 g/mol. The zero-order chi connectivity index (χ0) is 19.9. The lowest BCUT2D eigenvalue weighted by Gasteiger charge is -2.30. The topological polar surface area (TPSA) is 75.7 Å². The standard InChI is InChI=1S/C22H24N2O4/c1-28-22(27)17-11-13-24(14-12-17)15-20(25)23-19-10-6-5-9-18(19)21(26)16-7-3-2-4-8-16/h2-10,17H,11-15H2,1H3,(H,23,25). The van der Waals surface area contributed by atoms with Crippen molar-refractivity contribution in [2.75, 3.05) is 32.1 Å². The van der Waals surface area contributed by atoms with Gasteiger partial charge in [0.2, 0.25) is 5.91 Å². The van der Waals surface area contributed by atoms with Gasteiger partial charge in [0.15, 0.2) is 5.78 Å². The molecule has 0 aromatic heterocycles. The SMILES string of the molecule is COC(=O)C1CCN(CC(=O)Nc2ccccc2C(=O)c2ccccc2)CC1. The Morgan fingerprint density at radius 2 is 1.64 bits per heavy atom. The summed E-state index contributed by atoms with van der Waals surface area (Å²) in [5.74, 6) is -0.578. The number of esters is 1. The van der Waals surface area contributed by atoms with E-state index in [1.54, 1.807) is 36.4 Å². The summed E-state index contributed by atoms with van der Waals surface area (Å²) >= 11 is 0. The fourth-order valence-corrected chi connectivity index (χ4v) is 3.42. The van der Waals surface area contributed by atoms with Crippen molar-refractivity contribution in [2.24, 2.45) is 5.92 Å². The molecule has 146 valence electrons. The maximum atomic E-state index is 12.8. The van der Waals surface area contributed by atoms with Gasteiger partial charge in [0.1, 0.15) is 0 Å². The average Bonchev–Trinajstić information content (AvgIpc) is 2.74. The first-order chi connectivity index (χ1) is 13.6. The third-order valence-electron chi connectivity index (χ3n) is 4.97. The van der Waals surface area contributed by atoms with Gasteiger partial charge in [-0.05, 0) is 38.1 Å². The predicted molar refractivity (Wildman–Crippen MR) is 106 cm³/mol. The van der Waals surface area contributed by atoms with Crippen LogP contribution in [-0.2, 0) is 14.3 Å². The monoisotopic (exact) mass is 380 g/mol. The normalized spacial score (nSPS) is 15.0. The molecule has 28 heavy (non-hydrogen) atoms. The van der Waals surface area contributed by atoms with Gasteiger partial charge >= 0.3 is 5.97 Å². The van der Waals surface area contributed by atoms with Gasteiger partial charge in [-0.1, -0.05) is 42.5 Å². The number of ether oxygens (including phenoxy) is 1. The number of likely N-dealkylation sites (tertiary alicyclic amines) is 1. The number of amides is 1. The van der Waals surface area contributed by atoms with E-state index in [2.05, 4.69) is 5.32 Å². The summed E-state index contributed by atoms with van der Waals surface area (Å²) in [4.78, 5) is 38.9. The molecule has 0 saturated carbocycles. The van der Waals surface area contributed by atoms with Crippen LogP contribution in [0.4, 0.5) is 5.69 Å². The van der Waals surface area contributed by atoms with Gasteiger partial charge in [-0.2, -0.15) is 0 Å². The number of rotatable bonds is 6. The Balaban J connectivity index is 1.61. The summed E-state index contributed by atoms with van der Waals surface area (Å²) in [6.45, 7) is 1.55. The minimum Gasteiger partial charge on any atom is -0.469 e. The number of ketones is 1. The number of nitrogens with zero attached hydrogens (tertiary/aromatic N) is 1. The van der Waals surface area contributed by atoms with Crippen LogP contribution in [0.5, 0.6) is 0 Å². The number of anilines is 1. The lowest BCUT2D eigenvalue weighted by atomic mass is 9.97. The number of piperidine rings is 1. The van der Waals surface area contributed by atoms with E-state index in [0.717, 1.165) is 0 Å². The number of hydrogen-bond acceptors (Lipinski definition) is 5. The number of nitrogens with one attached hydrogen (secondary N) is 1. The Morgan fingerprint density at radius 1 is 1.00 bits per heavy atom. The van der Waals surface area contributed by atoms with E-state index < -0.39 is 0 Å². The van der Waals surface area contributed by atoms with Crippen LogP contribution < -0.4 is 5.32 Å². The smallest absolute Gasteiger partial charge is 0.308 e. The fraction of sp³-hybridized carbons (Fsp3) is 0.318. The Labute approximate surface area is 164 Å². The summed E-state index contributed by atoms with van der Waals surface area (Å²) in [6, 6.07) is 16.0. The van der Waals surface area contributed by atoms with Crippen molar-refractivity contribution in [3.05, 3.63) is 65.7 Å². The molecule has 1 aliphatic rings. The Morgan fingerprint density at radius 3 is 2.32 bits per heavy atom. The molecule has 1 aliphatic heterocycles. The highest BCUT2D eigenvalue weighted by molar-refractivity contribution is 6.13. The van der Waals surface area contributed by atoms with Gasteiger partial charge in [-0.3, -0.25) is 19.3 Å². The second kappa shape index (κ2) is 9.28. The van der Waals surface area contributed by atoms with E-state index in [-0.39, 0.29) is 30.1 Å². The molecule has 1 amide bonds. The minimum absolute atomic E-state index is 0.0893. The van der Waals surface area contributed by atoms with Crippen LogP contribution in [0.2, 0.25) is 0 Å². The lowest BCUT2D eigenvalue weighted by molar-refractivity contribution is -0.147. The molecule has 6 heteroatoms. The highest BCUT2D eigenvalue weighted by atomic mass is 16.5. The molecule has 1 fully saturated rings. The molecule has 3 rings (SSSR count). The van der Waals surface area contributed by atoms with Crippen molar-refractivity contribution >= 4 is 23.3 Å². The minimum atomic E-state index is -0.183. The number of methoxy groups -OCH3 is 1. The molecule has 2 aromatic rings. The van der Waals surface area contributed by atoms with Crippen LogP contribution in [0, 0.1) is 5.92 Å². The molecular weight excluding hydrogens is 356 g/mol. The summed E-state index contributed by atoms with van der Waals surface area (Å²) in [5, 5.41) is 2.86. The van der Waals surface area contributed by atoms with Crippen molar-refractivity contribution < 1.29 is 19.1 Å². The number of hydrogen-bond donors (Lipinski definition) is 1. The second-order valence-electron chi connectivity index (χ2n) is 6.86. The van der Waals surface area contributed by atoms with Crippen molar-refractivity contribution in [1.82, 2.24) is 4.90 Å². The van der Waals surface area contributed by atoms with Gasteiger partial charge in [-0.25, -0.2) is 0 Å². The molecule has 6 nitrogen and oxygen atoms in total. The van der Waals surface area contributed by atoms with Gasteiger partial charge in [0, 0.05) is 11.1 Å². The molecule has 0 atom stereocenters. The fourth-order valence-electron chi connectivity index (χ4n) is 3.42. The van der Waals surface area contributed by atoms with Crippen LogP contribution >= 0.6 is 0 Å². The number of benzene rings is 2. The summed E-state index contributed by atoms with van der Waals surface area (Å²) in [5.41, 5.74) is 1.55. The van der Waals surface area contributed by atoms with Crippen LogP contribution in [0.3, 0.4) is 0 Å². The molecule has 0 spiro atoms. The Bertz CT molecular complexity index is 843. The van der Waals surface area contributed by atoms with Gasteiger partial charge in [0.25, 0.3) is 0 Å². The first-order valence-corrected chi connectivity index (χ1v) is 9.37. The van der Waals surface area contributed by atoms with Crippen molar-refractivity contribution in [3.63, 3.8) is 0 Å². The zero-order valence-corrected chi connectivity index (χ0v) is 15.9. The van der Waals surface area contributed by atoms with Crippen molar-refractivity contribution in [3.8, 4) is 0 Å². The van der Waals surface area contributed by atoms with Crippen LogP contribution in [0.25, 0.3) is 0 Å². The Hall–Kier alpha value is -2.99. The van der Waals surface area contributed by atoms with Crippen LogP contribution in [0.15, 0.2) is 54.6 Å². The molecule has 1 saturated heterocycles. The maximum absolute atomic E-state index is 12.8. The molecule has 2 aromatic carbocycles. The quantitative estimate of drug-likeness (QED) is 0.616. The lowest BCUT2D eigenvalue weighted by Crippen LogP contribution is -2.41. The predicted octanol–water partition coefficient (Wildman–Crippen LogP) is 2.74. The van der Waals surface area contributed by atoms with E-state index in [4.69, 9.17) is 4.74 Å². The van der Waals surface area contributed by atoms with Gasteiger partial charge in [-0.15, -0.1) is 0 Å². The maximum Gasteiger partial charge on any atom is 0.308 e. The first kappa shape index (κ1) is 19.8. The van der Waals surface area contributed by atoms with Crippen molar-refractivity contribution in [2.45, 2.75) is 12.8 Å². The largest absolute Gasteiger partial charge is 0.469 e. The highest BCUT2D eigenvalue weighted by Crippen LogP contribution is 2.21.